The van der Waals surface area contributed by atoms with Gasteiger partial charge in [-0.25, -0.2) is 9.59 Å². The van der Waals surface area contributed by atoms with E-state index >= 15 is 0 Å². The van der Waals surface area contributed by atoms with Gasteiger partial charge in [0.05, 0.1) is 5.69 Å². The molecule has 0 amide bonds. The summed E-state index contributed by atoms with van der Waals surface area (Å²) < 4.78 is 0.858. The average molecular weight is 261 g/mol. The molecule has 2 N–H and O–H groups in total. The van der Waals surface area contributed by atoms with Gasteiger partial charge in [-0.15, -0.1) is 0 Å². The predicted octanol–water partition coefficient (Wildman–Crippen LogP) is 0.236. The molecule has 1 aromatic carbocycles. The molecule has 98 valence electrons. The third-order valence-electron chi connectivity index (χ3n) is 2.77. The Hall–Kier alpha value is -2.70. The van der Waals surface area contributed by atoms with Gasteiger partial charge in [-0.3, -0.25) is 9.78 Å². The van der Waals surface area contributed by atoms with E-state index in [0.717, 1.165) is 15.8 Å². The van der Waals surface area contributed by atoms with Gasteiger partial charge in [0.1, 0.15) is 0 Å². The van der Waals surface area contributed by atoms with E-state index in [1.54, 1.807) is 18.2 Å². The van der Waals surface area contributed by atoms with Crippen LogP contribution in [0.5, 0.6) is 0 Å². The second-order valence-electron chi connectivity index (χ2n) is 4.09. The minimum absolute atomic E-state index is 0.395. The van der Waals surface area contributed by atoms with Crippen molar-refractivity contribution in [2.75, 3.05) is 0 Å². The maximum Gasteiger partial charge on any atom is 0.362 e. The zero-order chi connectivity index (χ0) is 14.2. The van der Waals surface area contributed by atoms with Gasteiger partial charge in [-0.05, 0) is 37.1 Å². The zero-order valence-electron chi connectivity index (χ0n) is 10.3. The lowest BCUT2D eigenvalue weighted by Crippen LogP contribution is -2.35. The Labute approximate surface area is 107 Å². The lowest BCUT2D eigenvalue weighted by atomic mass is 10.1. The summed E-state index contributed by atoms with van der Waals surface area (Å²) in [5.41, 5.74) is -0.172. The quantitative estimate of drug-likeness (QED) is 0.805. The van der Waals surface area contributed by atoms with Crippen molar-refractivity contribution in [2.45, 2.75) is 13.8 Å². The van der Waals surface area contributed by atoms with Crippen molar-refractivity contribution in [3.8, 4) is 5.69 Å². The number of aromatic amines is 1. The number of hydrogen-bond acceptors (Lipinski definition) is 4. The molecular weight excluding hydrogens is 250 g/mol. The third-order valence-corrected chi connectivity index (χ3v) is 2.77. The highest BCUT2D eigenvalue weighted by atomic mass is 16.4. The lowest BCUT2D eigenvalue weighted by molar-refractivity contribution is 0.0685. The summed E-state index contributed by atoms with van der Waals surface area (Å²) in [5.74, 6) is -1.49. The predicted molar refractivity (Wildman–Crippen MR) is 66.9 cm³/mol. The number of rotatable bonds is 2. The van der Waals surface area contributed by atoms with Crippen molar-refractivity contribution in [1.29, 1.82) is 0 Å². The number of aryl methyl sites for hydroxylation is 2. The van der Waals surface area contributed by atoms with Gasteiger partial charge in [0, 0.05) is 0 Å². The van der Waals surface area contributed by atoms with Gasteiger partial charge >= 0.3 is 11.7 Å². The van der Waals surface area contributed by atoms with E-state index in [2.05, 4.69) is 5.10 Å². The van der Waals surface area contributed by atoms with Crippen LogP contribution in [-0.2, 0) is 0 Å². The summed E-state index contributed by atoms with van der Waals surface area (Å²) in [6.07, 6.45) is 0. The fraction of sp³-hybridized carbons (Fsp3) is 0.167. The molecule has 19 heavy (non-hydrogen) atoms. The van der Waals surface area contributed by atoms with Crippen LogP contribution in [0.25, 0.3) is 5.69 Å². The average Bonchev–Trinajstić information content (AvgIpc) is 2.32. The van der Waals surface area contributed by atoms with Crippen LogP contribution in [-0.4, -0.2) is 25.8 Å². The summed E-state index contributed by atoms with van der Waals surface area (Å²) in [6.45, 7) is 3.76. The fourth-order valence-electron chi connectivity index (χ4n) is 1.57. The van der Waals surface area contributed by atoms with E-state index in [1.807, 2.05) is 18.8 Å². The molecule has 7 nitrogen and oxygen atoms in total. The first-order chi connectivity index (χ1) is 8.90. The number of carboxylic acids is 1. The Balaban J connectivity index is 2.71. The van der Waals surface area contributed by atoms with Crippen molar-refractivity contribution in [3.63, 3.8) is 0 Å². The van der Waals surface area contributed by atoms with Crippen molar-refractivity contribution in [1.82, 2.24) is 14.8 Å². The van der Waals surface area contributed by atoms with Gasteiger partial charge in [0.15, 0.2) is 0 Å². The van der Waals surface area contributed by atoms with Crippen molar-refractivity contribution < 1.29 is 9.90 Å². The smallest absolute Gasteiger partial charge is 0.362 e. The Morgan fingerprint density at radius 1 is 1.26 bits per heavy atom. The van der Waals surface area contributed by atoms with Crippen molar-refractivity contribution >= 4 is 5.97 Å². The Morgan fingerprint density at radius 3 is 2.53 bits per heavy atom. The van der Waals surface area contributed by atoms with Gasteiger partial charge in [0.25, 0.3) is 5.56 Å². The SMILES string of the molecule is Cc1ccc(-n2nc(C(=O)O)c(=O)[nH]c2=O)cc1C. The molecule has 0 atom stereocenters. The van der Waals surface area contributed by atoms with Gasteiger partial charge < -0.3 is 5.11 Å². The van der Waals surface area contributed by atoms with E-state index in [-0.39, 0.29) is 0 Å². The number of aromatic carboxylic acids is 1. The number of carboxylic acid groups (broad SMARTS) is 1. The summed E-state index contributed by atoms with van der Waals surface area (Å²) >= 11 is 0. The van der Waals surface area contributed by atoms with Crippen LogP contribution in [0.2, 0.25) is 0 Å². The normalized spacial score (nSPS) is 10.4. The first kappa shape index (κ1) is 12.7. The second kappa shape index (κ2) is 4.52. The van der Waals surface area contributed by atoms with E-state index < -0.39 is 22.9 Å². The molecule has 0 aliphatic carbocycles. The van der Waals surface area contributed by atoms with E-state index in [0.29, 0.717) is 5.69 Å². The van der Waals surface area contributed by atoms with Crippen LogP contribution in [0, 0.1) is 13.8 Å². The molecule has 0 spiro atoms. The van der Waals surface area contributed by atoms with E-state index in [4.69, 9.17) is 5.11 Å². The molecule has 0 radical (unpaired) electrons. The van der Waals surface area contributed by atoms with Crippen LogP contribution >= 0.6 is 0 Å². The third kappa shape index (κ3) is 2.30. The minimum atomic E-state index is -1.49. The molecule has 0 fully saturated rings. The van der Waals surface area contributed by atoms with Crippen LogP contribution in [0.4, 0.5) is 0 Å². The Bertz CT molecular complexity index is 773. The molecule has 0 bridgehead atoms. The van der Waals surface area contributed by atoms with Gasteiger partial charge in [0.2, 0.25) is 5.69 Å². The zero-order valence-corrected chi connectivity index (χ0v) is 10.3. The highest BCUT2D eigenvalue weighted by molar-refractivity contribution is 5.84. The summed E-state index contributed by atoms with van der Waals surface area (Å²) in [6, 6.07) is 5.10. The van der Waals surface area contributed by atoms with E-state index in [1.165, 1.54) is 0 Å². The molecule has 0 saturated heterocycles. The number of carbonyl (C=O) groups is 1. The molecule has 7 heteroatoms. The van der Waals surface area contributed by atoms with Crippen LogP contribution in [0.1, 0.15) is 21.6 Å². The standard InChI is InChI=1S/C12H11N3O4/c1-6-3-4-8(5-7(6)2)15-12(19)13-10(16)9(14-15)11(17)18/h3-5H,1-2H3,(H,17,18)(H,13,16,19). The minimum Gasteiger partial charge on any atom is -0.476 e. The molecule has 1 heterocycles. The second-order valence-corrected chi connectivity index (χ2v) is 4.09. The number of H-pyrrole nitrogens is 1. The molecule has 0 unspecified atom stereocenters. The lowest BCUT2D eigenvalue weighted by Gasteiger charge is -2.07. The molecular formula is C12H11N3O4. The van der Waals surface area contributed by atoms with Gasteiger partial charge in [-0.1, -0.05) is 6.07 Å². The Morgan fingerprint density at radius 2 is 1.95 bits per heavy atom. The number of nitrogens with zero attached hydrogens (tertiary/aromatic N) is 2. The summed E-state index contributed by atoms with van der Waals surface area (Å²) in [5, 5.41) is 12.4. The number of nitrogens with one attached hydrogen (secondary N) is 1. The van der Waals surface area contributed by atoms with Crippen LogP contribution < -0.4 is 11.2 Å². The maximum atomic E-state index is 11.7. The first-order valence-electron chi connectivity index (χ1n) is 5.44. The number of benzene rings is 1. The molecule has 0 saturated carbocycles. The number of hydrogen-bond donors (Lipinski definition) is 2. The van der Waals surface area contributed by atoms with Crippen molar-refractivity contribution in [2.24, 2.45) is 0 Å². The highest BCUT2D eigenvalue weighted by Gasteiger charge is 2.14. The van der Waals surface area contributed by atoms with Crippen LogP contribution in [0.3, 0.4) is 0 Å². The molecule has 2 rings (SSSR count). The molecule has 1 aromatic heterocycles. The number of aromatic nitrogens is 3. The van der Waals surface area contributed by atoms with Gasteiger partial charge in [-0.2, -0.15) is 9.78 Å². The molecule has 0 aliphatic heterocycles. The molecule has 0 aliphatic rings. The largest absolute Gasteiger partial charge is 0.476 e. The highest BCUT2D eigenvalue weighted by Crippen LogP contribution is 2.11. The van der Waals surface area contributed by atoms with E-state index in [9.17, 15) is 14.4 Å². The maximum absolute atomic E-state index is 11.7. The topological polar surface area (TPSA) is 105 Å². The Kier molecular flexibility index (Phi) is 3.04. The van der Waals surface area contributed by atoms with Crippen LogP contribution in [0.15, 0.2) is 27.8 Å². The molecule has 2 aromatic rings. The summed E-state index contributed by atoms with van der Waals surface area (Å²) in [4.78, 5) is 35.7. The first-order valence-corrected chi connectivity index (χ1v) is 5.44. The fourth-order valence-corrected chi connectivity index (χ4v) is 1.57. The van der Waals surface area contributed by atoms with Crippen molar-refractivity contribution in [3.05, 3.63) is 55.9 Å². The summed E-state index contributed by atoms with van der Waals surface area (Å²) in [7, 11) is 0. The monoisotopic (exact) mass is 261 g/mol.